The second-order valence-electron chi connectivity index (χ2n) is 5.64. The summed E-state index contributed by atoms with van der Waals surface area (Å²) in [5.41, 5.74) is -0.127. The smallest absolute Gasteiger partial charge is 0.135 e. The number of fused-ring (bicyclic) bond motifs is 3. The molecule has 2 bridgehead atoms. The van der Waals surface area contributed by atoms with E-state index >= 15 is 0 Å². The number of hydrogen-bond donors (Lipinski definition) is 1. The lowest BCUT2D eigenvalue weighted by atomic mass is 9.87. The van der Waals surface area contributed by atoms with Crippen LogP contribution < -0.4 is 0 Å². The summed E-state index contributed by atoms with van der Waals surface area (Å²) < 4.78 is 0. The Kier molecular flexibility index (Phi) is 2.58. The predicted molar refractivity (Wildman–Crippen MR) is 54.4 cm³/mol. The molecule has 3 heteroatoms. The van der Waals surface area contributed by atoms with Gasteiger partial charge in [0.05, 0.1) is 6.10 Å². The zero-order valence-corrected chi connectivity index (χ0v) is 9.36. The molecule has 2 heterocycles. The third-order valence-electron chi connectivity index (χ3n) is 3.29. The highest BCUT2D eigenvalue weighted by molar-refractivity contribution is 4.85. The van der Waals surface area contributed by atoms with E-state index in [0.29, 0.717) is 12.1 Å². The molecule has 2 aliphatic heterocycles. The van der Waals surface area contributed by atoms with Crippen molar-refractivity contribution >= 4 is 0 Å². The van der Waals surface area contributed by atoms with E-state index in [-0.39, 0.29) is 5.41 Å². The maximum atomic E-state index is 10.1. The van der Waals surface area contributed by atoms with Crippen LogP contribution in [0.25, 0.3) is 0 Å². The number of rotatable bonds is 1. The van der Waals surface area contributed by atoms with Gasteiger partial charge in [-0.25, -0.2) is 0 Å². The van der Waals surface area contributed by atoms with Crippen LogP contribution in [0.3, 0.4) is 0 Å². The molecule has 2 saturated heterocycles. The monoisotopic (exact) mass is 199 g/mol. The molecule has 1 unspecified atom stereocenters. The van der Waals surface area contributed by atoms with Gasteiger partial charge in [0, 0.05) is 11.5 Å². The van der Waals surface area contributed by atoms with Crippen LogP contribution >= 0.6 is 0 Å². The van der Waals surface area contributed by atoms with E-state index in [4.69, 9.17) is 4.84 Å². The van der Waals surface area contributed by atoms with Gasteiger partial charge in [0.2, 0.25) is 0 Å². The van der Waals surface area contributed by atoms with E-state index in [2.05, 4.69) is 0 Å². The van der Waals surface area contributed by atoms with Crippen molar-refractivity contribution in [1.29, 1.82) is 0 Å². The van der Waals surface area contributed by atoms with Crippen LogP contribution in [0, 0.1) is 5.41 Å². The minimum atomic E-state index is -0.476. The fourth-order valence-electron chi connectivity index (χ4n) is 2.30. The molecular weight excluding hydrogens is 178 g/mol. The van der Waals surface area contributed by atoms with Crippen molar-refractivity contribution < 1.29 is 9.94 Å². The molecule has 0 radical (unpaired) electrons. The Balaban J connectivity index is 2.05. The average molecular weight is 199 g/mol. The largest absolute Gasteiger partial charge is 0.376 e. The number of aliphatic hydroxyl groups excluding tert-OH is 1. The van der Waals surface area contributed by atoms with Crippen molar-refractivity contribution in [3.63, 3.8) is 0 Å². The van der Waals surface area contributed by atoms with Crippen molar-refractivity contribution in [1.82, 2.24) is 5.06 Å². The molecule has 0 spiro atoms. The molecule has 3 fully saturated rings. The second kappa shape index (κ2) is 3.47. The summed E-state index contributed by atoms with van der Waals surface area (Å²) >= 11 is 0. The molecule has 3 rings (SSSR count). The van der Waals surface area contributed by atoms with Crippen molar-refractivity contribution in [2.75, 3.05) is 0 Å². The molecule has 0 aromatic heterocycles. The maximum Gasteiger partial charge on any atom is 0.135 e. The van der Waals surface area contributed by atoms with E-state index in [0.717, 1.165) is 12.8 Å². The summed E-state index contributed by atoms with van der Waals surface area (Å²) in [4.78, 5) is 5.76. The van der Waals surface area contributed by atoms with Crippen molar-refractivity contribution in [2.24, 2.45) is 5.41 Å². The Labute approximate surface area is 86.0 Å². The molecular formula is C11H21NO2. The van der Waals surface area contributed by atoms with Gasteiger partial charge in [0.1, 0.15) is 6.23 Å². The predicted octanol–water partition coefficient (Wildman–Crippen LogP) is 1.91. The lowest BCUT2D eigenvalue weighted by Crippen LogP contribution is -2.56. The van der Waals surface area contributed by atoms with Gasteiger partial charge in [-0.1, -0.05) is 20.8 Å². The first-order valence-electron chi connectivity index (χ1n) is 5.61. The van der Waals surface area contributed by atoms with Crippen LogP contribution in [0.2, 0.25) is 0 Å². The highest BCUT2D eigenvalue weighted by Gasteiger charge is 2.41. The molecule has 0 aromatic rings. The summed E-state index contributed by atoms with van der Waals surface area (Å²) in [7, 11) is 0. The quantitative estimate of drug-likeness (QED) is 0.700. The Hall–Kier alpha value is -0.120. The van der Waals surface area contributed by atoms with Gasteiger partial charge >= 0.3 is 0 Å². The SMILES string of the molecule is CC(C)(C)C(O)N1OC2CCC1CC2. The zero-order chi connectivity index (χ0) is 10.3. The number of hydrogen-bond acceptors (Lipinski definition) is 3. The van der Waals surface area contributed by atoms with Gasteiger partial charge in [0.15, 0.2) is 0 Å². The minimum Gasteiger partial charge on any atom is -0.376 e. The van der Waals surface area contributed by atoms with Crippen molar-refractivity contribution in [3.05, 3.63) is 0 Å². The Morgan fingerprint density at radius 1 is 1.21 bits per heavy atom. The molecule has 1 saturated carbocycles. The Bertz CT molecular complexity index is 204. The van der Waals surface area contributed by atoms with Gasteiger partial charge in [-0.2, -0.15) is 5.06 Å². The molecule has 3 aliphatic rings. The van der Waals surface area contributed by atoms with E-state index < -0.39 is 6.23 Å². The molecule has 82 valence electrons. The van der Waals surface area contributed by atoms with Crippen LogP contribution in [-0.2, 0) is 4.84 Å². The van der Waals surface area contributed by atoms with E-state index in [1.54, 1.807) is 0 Å². The van der Waals surface area contributed by atoms with Crippen molar-refractivity contribution in [2.45, 2.75) is 64.8 Å². The van der Waals surface area contributed by atoms with E-state index in [9.17, 15) is 5.11 Å². The molecule has 0 aromatic carbocycles. The zero-order valence-electron chi connectivity index (χ0n) is 9.36. The van der Waals surface area contributed by atoms with Gasteiger partial charge in [-0.05, 0) is 25.7 Å². The van der Waals surface area contributed by atoms with Crippen LogP contribution in [0.1, 0.15) is 46.5 Å². The lowest BCUT2D eigenvalue weighted by Gasteiger charge is -2.49. The molecule has 14 heavy (non-hydrogen) atoms. The summed E-state index contributed by atoms with van der Waals surface area (Å²) in [5.74, 6) is 0. The number of hydroxylamine groups is 2. The fraction of sp³-hybridized carbons (Fsp3) is 1.00. The van der Waals surface area contributed by atoms with Crippen molar-refractivity contribution in [3.8, 4) is 0 Å². The summed E-state index contributed by atoms with van der Waals surface area (Å²) in [6, 6.07) is 0.439. The standard InChI is InChI=1S/C11H21NO2/c1-11(2,3)10(13)12-8-4-6-9(14-12)7-5-8/h8-10,13H,4-7H2,1-3H3. The fourth-order valence-corrected chi connectivity index (χ4v) is 2.30. The summed E-state index contributed by atoms with van der Waals surface area (Å²) in [6.45, 7) is 6.13. The van der Waals surface area contributed by atoms with Crippen LogP contribution in [0.4, 0.5) is 0 Å². The minimum absolute atomic E-state index is 0.127. The molecule has 0 amide bonds. The first-order chi connectivity index (χ1) is 6.48. The van der Waals surface area contributed by atoms with Gasteiger partial charge in [0.25, 0.3) is 0 Å². The first-order valence-corrected chi connectivity index (χ1v) is 5.61. The van der Waals surface area contributed by atoms with Gasteiger partial charge < -0.3 is 5.11 Å². The highest BCUT2D eigenvalue weighted by atomic mass is 16.7. The normalized spacial score (nSPS) is 36.0. The summed E-state index contributed by atoms with van der Waals surface area (Å²) in [5, 5.41) is 12.0. The number of aliphatic hydroxyl groups is 1. The molecule has 1 atom stereocenters. The third kappa shape index (κ3) is 1.81. The molecule has 1 aliphatic carbocycles. The maximum absolute atomic E-state index is 10.1. The average Bonchev–Trinajstić information content (AvgIpc) is 2.17. The highest BCUT2D eigenvalue weighted by Crippen LogP contribution is 2.37. The molecule has 1 N–H and O–H groups in total. The second-order valence-corrected chi connectivity index (χ2v) is 5.64. The van der Waals surface area contributed by atoms with E-state index in [1.807, 2.05) is 25.8 Å². The first kappa shape index (κ1) is 10.4. The Morgan fingerprint density at radius 2 is 1.79 bits per heavy atom. The topological polar surface area (TPSA) is 32.7 Å². The molecule has 3 nitrogen and oxygen atoms in total. The van der Waals surface area contributed by atoms with Gasteiger partial charge in [-0.15, -0.1) is 0 Å². The Morgan fingerprint density at radius 3 is 2.14 bits per heavy atom. The van der Waals surface area contributed by atoms with E-state index in [1.165, 1.54) is 12.8 Å². The third-order valence-corrected chi connectivity index (χ3v) is 3.29. The summed E-state index contributed by atoms with van der Waals surface area (Å²) in [6.07, 6.45) is 4.57. The van der Waals surface area contributed by atoms with Gasteiger partial charge in [-0.3, -0.25) is 4.84 Å². The van der Waals surface area contributed by atoms with Crippen LogP contribution in [-0.4, -0.2) is 28.5 Å². The number of nitrogens with zero attached hydrogens (tertiary/aromatic N) is 1. The lowest BCUT2D eigenvalue weighted by molar-refractivity contribution is -0.345. The van der Waals surface area contributed by atoms with Crippen LogP contribution in [0.5, 0.6) is 0 Å². The van der Waals surface area contributed by atoms with Crippen LogP contribution in [0.15, 0.2) is 0 Å².